The summed E-state index contributed by atoms with van der Waals surface area (Å²) in [6.45, 7) is 4.45. The zero-order valence-electron chi connectivity index (χ0n) is 9.95. The Morgan fingerprint density at radius 1 is 1.50 bits per heavy atom. The summed E-state index contributed by atoms with van der Waals surface area (Å²) in [5.74, 6) is 2.09. The van der Waals surface area contributed by atoms with E-state index in [4.69, 9.17) is 4.74 Å². The summed E-state index contributed by atoms with van der Waals surface area (Å²) in [5.41, 5.74) is 2.63. The van der Waals surface area contributed by atoms with Crippen molar-refractivity contribution >= 4 is 11.8 Å². The summed E-state index contributed by atoms with van der Waals surface area (Å²) in [7, 11) is 1.72. The third-order valence-corrected chi connectivity index (χ3v) is 4.33. The Morgan fingerprint density at radius 3 is 3.00 bits per heavy atom. The predicted octanol–water partition coefficient (Wildman–Crippen LogP) is 2.60. The molecule has 3 heteroatoms. The van der Waals surface area contributed by atoms with Gasteiger partial charge in [-0.1, -0.05) is 12.1 Å². The van der Waals surface area contributed by atoms with Crippen LogP contribution in [-0.4, -0.2) is 25.4 Å². The molecule has 1 aliphatic rings. The lowest BCUT2D eigenvalue weighted by atomic mass is 10.1. The monoisotopic (exact) mass is 237 g/mol. The number of rotatable bonds is 4. The van der Waals surface area contributed by atoms with Gasteiger partial charge in [-0.2, -0.15) is 11.8 Å². The number of nitrogens with one attached hydrogen (secondary N) is 1. The van der Waals surface area contributed by atoms with Gasteiger partial charge in [0.1, 0.15) is 5.75 Å². The van der Waals surface area contributed by atoms with Crippen molar-refractivity contribution in [3.8, 4) is 5.75 Å². The highest BCUT2D eigenvalue weighted by Crippen LogP contribution is 2.25. The van der Waals surface area contributed by atoms with Gasteiger partial charge in [-0.25, -0.2) is 0 Å². The average Bonchev–Trinajstić information content (AvgIpc) is 2.79. The fourth-order valence-electron chi connectivity index (χ4n) is 2.01. The Kier molecular flexibility index (Phi) is 4.13. The summed E-state index contributed by atoms with van der Waals surface area (Å²) in [6.07, 6.45) is 1.31. The van der Waals surface area contributed by atoms with Crippen LogP contribution in [0.2, 0.25) is 0 Å². The van der Waals surface area contributed by atoms with Gasteiger partial charge in [-0.05, 0) is 37.1 Å². The lowest BCUT2D eigenvalue weighted by Crippen LogP contribution is -2.10. The quantitative estimate of drug-likeness (QED) is 0.869. The summed E-state index contributed by atoms with van der Waals surface area (Å²) >= 11 is 2.06. The summed E-state index contributed by atoms with van der Waals surface area (Å²) in [6, 6.07) is 6.47. The van der Waals surface area contributed by atoms with Gasteiger partial charge in [0.25, 0.3) is 0 Å². The van der Waals surface area contributed by atoms with Crippen LogP contribution in [0.4, 0.5) is 0 Å². The number of methoxy groups -OCH3 is 1. The Balaban J connectivity index is 1.91. The topological polar surface area (TPSA) is 21.3 Å². The number of hydrogen-bond acceptors (Lipinski definition) is 3. The molecule has 2 rings (SSSR count). The van der Waals surface area contributed by atoms with Gasteiger partial charge < -0.3 is 10.1 Å². The van der Waals surface area contributed by atoms with E-state index in [9.17, 15) is 0 Å². The fourth-order valence-corrected chi connectivity index (χ4v) is 3.14. The molecule has 0 saturated carbocycles. The van der Waals surface area contributed by atoms with Crippen molar-refractivity contribution in [1.82, 2.24) is 5.32 Å². The highest BCUT2D eigenvalue weighted by Gasteiger charge is 2.14. The highest BCUT2D eigenvalue weighted by atomic mass is 32.2. The molecule has 16 heavy (non-hydrogen) atoms. The Hall–Kier alpha value is -0.670. The Labute approximate surface area is 102 Å². The molecular weight excluding hydrogens is 218 g/mol. The predicted molar refractivity (Wildman–Crippen MR) is 70.3 cm³/mol. The molecule has 2 nitrogen and oxygen atoms in total. The van der Waals surface area contributed by atoms with Crippen LogP contribution >= 0.6 is 11.8 Å². The summed E-state index contributed by atoms with van der Waals surface area (Å²) in [4.78, 5) is 0. The molecule has 1 N–H and O–H groups in total. The molecule has 1 fully saturated rings. The minimum atomic E-state index is 0.794. The van der Waals surface area contributed by atoms with Crippen LogP contribution in [0.3, 0.4) is 0 Å². The van der Waals surface area contributed by atoms with Gasteiger partial charge in [0.15, 0.2) is 0 Å². The maximum atomic E-state index is 5.26. The van der Waals surface area contributed by atoms with Gasteiger partial charge in [0.05, 0.1) is 7.11 Å². The van der Waals surface area contributed by atoms with Crippen molar-refractivity contribution in [3.05, 3.63) is 29.3 Å². The first-order valence-electron chi connectivity index (χ1n) is 5.75. The number of benzene rings is 1. The van der Waals surface area contributed by atoms with Crippen LogP contribution in [0.15, 0.2) is 18.2 Å². The van der Waals surface area contributed by atoms with Crippen LogP contribution in [0.25, 0.3) is 0 Å². The largest absolute Gasteiger partial charge is 0.496 e. The average molecular weight is 237 g/mol. The second-order valence-corrected chi connectivity index (χ2v) is 5.52. The zero-order chi connectivity index (χ0) is 11.4. The third-order valence-electron chi connectivity index (χ3n) is 2.96. The van der Waals surface area contributed by atoms with Gasteiger partial charge in [0, 0.05) is 17.5 Å². The minimum absolute atomic E-state index is 0.794. The molecule has 0 aliphatic carbocycles. The zero-order valence-corrected chi connectivity index (χ0v) is 10.8. The van der Waals surface area contributed by atoms with Crippen molar-refractivity contribution in [1.29, 1.82) is 0 Å². The number of hydrogen-bond donors (Lipinski definition) is 1. The van der Waals surface area contributed by atoms with E-state index < -0.39 is 0 Å². The van der Waals surface area contributed by atoms with E-state index >= 15 is 0 Å². The molecule has 88 valence electrons. The van der Waals surface area contributed by atoms with Crippen molar-refractivity contribution in [2.45, 2.75) is 24.3 Å². The maximum absolute atomic E-state index is 5.26. The lowest BCUT2D eigenvalue weighted by Gasteiger charge is -2.10. The van der Waals surface area contributed by atoms with Crippen LogP contribution in [0, 0.1) is 6.92 Å². The first-order valence-corrected chi connectivity index (χ1v) is 6.80. The summed E-state index contributed by atoms with van der Waals surface area (Å²) < 4.78 is 5.26. The van der Waals surface area contributed by atoms with Gasteiger partial charge in [-0.3, -0.25) is 0 Å². The Morgan fingerprint density at radius 2 is 2.38 bits per heavy atom. The maximum Gasteiger partial charge on any atom is 0.121 e. The number of ether oxygens (including phenoxy) is 1. The van der Waals surface area contributed by atoms with Crippen molar-refractivity contribution in [3.63, 3.8) is 0 Å². The number of thioether (sulfide) groups is 1. The molecule has 1 unspecified atom stereocenters. The van der Waals surface area contributed by atoms with Crippen LogP contribution < -0.4 is 10.1 Å². The standard InChI is InChI=1S/C13H19NOS/c1-10-7-11(3-4-13(10)15-2)9-16-12-5-6-14-8-12/h3-4,7,12,14H,5-6,8-9H2,1-2H3. The molecule has 1 aromatic carbocycles. The van der Waals surface area contributed by atoms with E-state index in [1.165, 1.54) is 30.6 Å². The first kappa shape index (κ1) is 11.8. The van der Waals surface area contributed by atoms with E-state index in [1.807, 2.05) is 0 Å². The lowest BCUT2D eigenvalue weighted by molar-refractivity contribution is 0.411. The molecule has 0 bridgehead atoms. The molecule has 1 atom stereocenters. The van der Waals surface area contributed by atoms with E-state index in [-0.39, 0.29) is 0 Å². The smallest absolute Gasteiger partial charge is 0.121 e. The van der Waals surface area contributed by atoms with E-state index in [0.717, 1.165) is 16.8 Å². The van der Waals surface area contributed by atoms with E-state index in [0.29, 0.717) is 0 Å². The van der Waals surface area contributed by atoms with Crippen LogP contribution in [-0.2, 0) is 5.75 Å². The van der Waals surface area contributed by atoms with Crippen molar-refractivity contribution < 1.29 is 4.74 Å². The van der Waals surface area contributed by atoms with Gasteiger partial charge in [0.2, 0.25) is 0 Å². The molecular formula is C13H19NOS. The fraction of sp³-hybridized carbons (Fsp3) is 0.538. The molecule has 0 radical (unpaired) electrons. The minimum Gasteiger partial charge on any atom is -0.496 e. The molecule has 1 saturated heterocycles. The highest BCUT2D eigenvalue weighted by molar-refractivity contribution is 7.99. The summed E-state index contributed by atoms with van der Waals surface area (Å²) in [5, 5.41) is 4.19. The number of aryl methyl sites for hydroxylation is 1. The normalized spacial score (nSPS) is 20.0. The van der Waals surface area contributed by atoms with E-state index in [2.05, 4.69) is 42.2 Å². The second kappa shape index (κ2) is 5.60. The second-order valence-electron chi connectivity index (χ2n) is 4.23. The first-order chi connectivity index (χ1) is 7.79. The Bertz CT molecular complexity index is 348. The molecule has 1 aliphatic heterocycles. The molecule has 0 aromatic heterocycles. The molecule has 1 aromatic rings. The van der Waals surface area contributed by atoms with Crippen molar-refractivity contribution in [2.75, 3.05) is 20.2 Å². The molecule has 0 spiro atoms. The molecule has 1 heterocycles. The van der Waals surface area contributed by atoms with Gasteiger partial charge in [-0.15, -0.1) is 0 Å². The van der Waals surface area contributed by atoms with Crippen LogP contribution in [0.5, 0.6) is 5.75 Å². The molecule has 0 amide bonds. The van der Waals surface area contributed by atoms with Gasteiger partial charge >= 0.3 is 0 Å². The SMILES string of the molecule is COc1ccc(CSC2CCNC2)cc1C. The van der Waals surface area contributed by atoms with Crippen LogP contribution in [0.1, 0.15) is 17.5 Å². The third kappa shape index (κ3) is 2.92. The van der Waals surface area contributed by atoms with Crippen molar-refractivity contribution in [2.24, 2.45) is 0 Å². The van der Waals surface area contributed by atoms with E-state index in [1.54, 1.807) is 7.11 Å².